The minimum absolute atomic E-state index is 0.00264. The van der Waals surface area contributed by atoms with Gasteiger partial charge in [-0.2, -0.15) is 4.98 Å². The van der Waals surface area contributed by atoms with E-state index in [0.717, 1.165) is 6.42 Å². The minimum atomic E-state index is -0.529. The number of nitrogens with one attached hydrogen (secondary N) is 1. The van der Waals surface area contributed by atoms with Crippen molar-refractivity contribution in [1.29, 1.82) is 0 Å². The van der Waals surface area contributed by atoms with Gasteiger partial charge in [0.2, 0.25) is 5.82 Å². The number of ether oxygens (including phenoxy) is 2. The summed E-state index contributed by atoms with van der Waals surface area (Å²) in [5, 5.41) is 13.9. The molecule has 1 unspecified atom stereocenters. The molecule has 2 rings (SSSR count). The lowest BCUT2D eigenvalue weighted by Crippen LogP contribution is -2.14. The van der Waals surface area contributed by atoms with Gasteiger partial charge in [-0.05, 0) is 13.3 Å². The Morgan fingerprint density at radius 1 is 1.63 bits per heavy atom. The Labute approximate surface area is 110 Å². The number of rotatable bonds is 6. The molecule has 1 atom stereocenters. The maximum atomic E-state index is 11.1. The van der Waals surface area contributed by atoms with Gasteiger partial charge in [-0.25, -0.2) is 4.98 Å². The van der Waals surface area contributed by atoms with Crippen molar-refractivity contribution in [3.05, 3.63) is 16.4 Å². The second kappa shape index (κ2) is 6.28. The number of nitro groups is 1. The van der Waals surface area contributed by atoms with E-state index in [0.29, 0.717) is 26.4 Å². The van der Waals surface area contributed by atoms with Crippen LogP contribution in [0.4, 0.5) is 11.5 Å². The fraction of sp³-hybridized carbons (Fsp3) is 0.636. The van der Waals surface area contributed by atoms with Crippen molar-refractivity contribution in [1.82, 2.24) is 9.97 Å². The minimum Gasteiger partial charge on any atom is -0.472 e. The number of anilines is 1. The molecule has 8 heteroatoms. The summed E-state index contributed by atoms with van der Waals surface area (Å²) in [7, 11) is 0. The largest absolute Gasteiger partial charge is 0.472 e. The number of nitrogens with zero attached hydrogens (tertiary/aromatic N) is 3. The lowest BCUT2D eigenvalue weighted by Gasteiger charge is -2.10. The lowest BCUT2D eigenvalue weighted by atomic mass is 10.1. The fourth-order valence-electron chi connectivity index (χ4n) is 1.84. The summed E-state index contributed by atoms with van der Waals surface area (Å²) in [5.41, 5.74) is -0.219. The Hall–Kier alpha value is -1.96. The molecular weight excluding hydrogens is 252 g/mol. The summed E-state index contributed by atoms with van der Waals surface area (Å²) in [4.78, 5) is 18.3. The summed E-state index contributed by atoms with van der Waals surface area (Å²) in [6, 6.07) is 0. The van der Waals surface area contributed by atoms with Crippen molar-refractivity contribution >= 4 is 11.5 Å². The molecule has 1 aromatic rings. The van der Waals surface area contributed by atoms with Gasteiger partial charge in [0.15, 0.2) is 0 Å². The highest BCUT2D eigenvalue weighted by molar-refractivity contribution is 5.60. The van der Waals surface area contributed by atoms with E-state index in [1.54, 1.807) is 0 Å². The molecule has 2 heterocycles. The first-order valence-corrected chi connectivity index (χ1v) is 6.16. The lowest BCUT2D eigenvalue weighted by molar-refractivity contribution is -0.385. The van der Waals surface area contributed by atoms with Crippen LogP contribution in [0, 0.1) is 16.0 Å². The smallest absolute Gasteiger partial charge is 0.372 e. The van der Waals surface area contributed by atoms with E-state index >= 15 is 0 Å². The van der Waals surface area contributed by atoms with Crippen LogP contribution in [0.5, 0.6) is 5.88 Å². The van der Waals surface area contributed by atoms with Gasteiger partial charge in [0.05, 0.1) is 18.1 Å². The average Bonchev–Trinajstić information content (AvgIpc) is 2.89. The number of hydrogen-bond acceptors (Lipinski definition) is 7. The zero-order valence-electron chi connectivity index (χ0n) is 10.7. The van der Waals surface area contributed by atoms with Crippen LogP contribution < -0.4 is 10.1 Å². The van der Waals surface area contributed by atoms with E-state index in [4.69, 9.17) is 9.47 Å². The monoisotopic (exact) mass is 268 g/mol. The Morgan fingerprint density at radius 2 is 2.47 bits per heavy atom. The highest BCUT2D eigenvalue weighted by Crippen LogP contribution is 2.31. The highest BCUT2D eigenvalue weighted by atomic mass is 16.6. The molecule has 8 nitrogen and oxygen atoms in total. The van der Waals surface area contributed by atoms with Gasteiger partial charge in [0.1, 0.15) is 6.33 Å². The molecule has 1 saturated heterocycles. The van der Waals surface area contributed by atoms with Crippen molar-refractivity contribution < 1.29 is 14.4 Å². The van der Waals surface area contributed by atoms with Crippen LogP contribution in [0.1, 0.15) is 13.3 Å². The van der Waals surface area contributed by atoms with Gasteiger partial charge >= 0.3 is 5.69 Å². The van der Waals surface area contributed by atoms with E-state index in [1.807, 2.05) is 6.92 Å². The summed E-state index contributed by atoms with van der Waals surface area (Å²) in [5.74, 6) is 0.445. The first kappa shape index (κ1) is 13.5. The van der Waals surface area contributed by atoms with Crippen LogP contribution in [-0.2, 0) is 4.74 Å². The van der Waals surface area contributed by atoms with Crippen molar-refractivity contribution in [2.24, 2.45) is 5.92 Å². The van der Waals surface area contributed by atoms with E-state index in [-0.39, 0.29) is 23.3 Å². The van der Waals surface area contributed by atoms with Crippen molar-refractivity contribution in [3.63, 3.8) is 0 Å². The van der Waals surface area contributed by atoms with Crippen molar-refractivity contribution in [3.8, 4) is 5.88 Å². The second-order valence-corrected chi connectivity index (χ2v) is 4.20. The molecule has 0 radical (unpaired) electrons. The molecule has 19 heavy (non-hydrogen) atoms. The summed E-state index contributed by atoms with van der Waals surface area (Å²) < 4.78 is 10.7. The third-order valence-corrected chi connectivity index (χ3v) is 2.80. The van der Waals surface area contributed by atoms with Crippen LogP contribution in [0.2, 0.25) is 0 Å². The van der Waals surface area contributed by atoms with Crippen LogP contribution in [0.25, 0.3) is 0 Å². The third-order valence-electron chi connectivity index (χ3n) is 2.80. The molecule has 0 spiro atoms. The molecule has 0 bridgehead atoms. The molecule has 1 aliphatic heterocycles. The quantitative estimate of drug-likeness (QED) is 0.611. The average molecular weight is 268 g/mol. The standard InChI is InChI=1S/C11H16N4O4/c1-2-12-10-9(15(16)17)11(14-7-13-10)19-6-8-3-4-18-5-8/h7-8H,2-6H2,1H3,(H,12,13,14). The normalized spacial score (nSPS) is 18.3. The number of aromatic nitrogens is 2. The van der Waals surface area contributed by atoms with Gasteiger partial charge in [-0.3, -0.25) is 10.1 Å². The van der Waals surface area contributed by atoms with E-state index in [1.165, 1.54) is 6.33 Å². The van der Waals surface area contributed by atoms with Gasteiger partial charge < -0.3 is 14.8 Å². The predicted octanol–water partition coefficient (Wildman–Crippen LogP) is 1.23. The van der Waals surface area contributed by atoms with Crippen molar-refractivity contribution in [2.75, 3.05) is 31.7 Å². The van der Waals surface area contributed by atoms with E-state index in [9.17, 15) is 10.1 Å². The summed E-state index contributed by atoms with van der Waals surface area (Å²) >= 11 is 0. The molecule has 1 aliphatic rings. The highest BCUT2D eigenvalue weighted by Gasteiger charge is 2.25. The predicted molar refractivity (Wildman–Crippen MR) is 67.3 cm³/mol. The van der Waals surface area contributed by atoms with E-state index < -0.39 is 4.92 Å². The topological polar surface area (TPSA) is 99.4 Å². The Balaban J connectivity index is 2.13. The fourth-order valence-corrected chi connectivity index (χ4v) is 1.84. The molecular formula is C11H16N4O4. The second-order valence-electron chi connectivity index (χ2n) is 4.20. The molecule has 0 saturated carbocycles. The van der Waals surface area contributed by atoms with Gasteiger partial charge in [-0.1, -0.05) is 0 Å². The summed E-state index contributed by atoms with van der Waals surface area (Å²) in [6.45, 7) is 4.07. The molecule has 1 N–H and O–H groups in total. The Morgan fingerprint density at radius 3 is 3.11 bits per heavy atom. The van der Waals surface area contributed by atoms with Crippen LogP contribution >= 0.6 is 0 Å². The van der Waals surface area contributed by atoms with Crippen LogP contribution in [0.3, 0.4) is 0 Å². The van der Waals surface area contributed by atoms with E-state index in [2.05, 4.69) is 15.3 Å². The maximum absolute atomic E-state index is 11.1. The first-order chi connectivity index (χ1) is 9.22. The van der Waals surface area contributed by atoms with Gasteiger partial charge in [0, 0.05) is 19.1 Å². The molecule has 0 aliphatic carbocycles. The van der Waals surface area contributed by atoms with Gasteiger partial charge in [0.25, 0.3) is 5.88 Å². The molecule has 0 amide bonds. The summed E-state index contributed by atoms with van der Waals surface area (Å²) in [6.07, 6.45) is 2.16. The van der Waals surface area contributed by atoms with Crippen LogP contribution in [0.15, 0.2) is 6.33 Å². The van der Waals surface area contributed by atoms with Gasteiger partial charge in [-0.15, -0.1) is 0 Å². The zero-order valence-corrected chi connectivity index (χ0v) is 10.7. The van der Waals surface area contributed by atoms with Crippen LogP contribution in [-0.4, -0.2) is 41.3 Å². The number of hydrogen-bond donors (Lipinski definition) is 1. The first-order valence-electron chi connectivity index (χ1n) is 6.16. The Kier molecular flexibility index (Phi) is 4.45. The molecule has 104 valence electrons. The molecule has 0 aromatic carbocycles. The zero-order chi connectivity index (χ0) is 13.7. The molecule has 1 aromatic heterocycles. The van der Waals surface area contributed by atoms with Crippen molar-refractivity contribution in [2.45, 2.75) is 13.3 Å². The third kappa shape index (κ3) is 3.28. The maximum Gasteiger partial charge on any atom is 0.372 e. The SMILES string of the molecule is CCNc1ncnc(OCC2CCOC2)c1[N+](=O)[O-]. The Bertz CT molecular complexity index is 448. The molecule has 1 fully saturated rings.